The van der Waals surface area contributed by atoms with Crippen LogP contribution in [0, 0.1) is 0 Å². The van der Waals surface area contributed by atoms with E-state index in [9.17, 15) is 9.90 Å². The Morgan fingerprint density at radius 2 is 2.06 bits per heavy atom. The third-order valence-corrected chi connectivity index (χ3v) is 2.42. The molecule has 1 heterocycles. The highest BCUT2D eigenvalue weighted by molar-refractivity contribution is 5.74. The molecule has 18 heavy (non-hydrogen) atoms. The molecular formula is C12H11NO5. The number of ether oxygens (including phenoxy) is 1. The standard InChI is InChI=1S/C12H11NO5/c1-17-8-4-2-7(3-5-8)10-6-9(13-18-10)11(14)12(15)16/h2-6,11,14H,1H3,(H,15,16)/t11-/m0/s1. The Balaban J connectivity index is 2.26. The molecule has 2 N–H and O–H groups in total. The fraction of sp³-hybridized carbons (Fsp3) is 0.167. The van der Waals surface area contributed by atoms with Crippen LogP contribution >= 0.6 is 0 Å². The molecule has 0 saturated heterocycles. The first-order valence-electron chi connectivity index (χ1n) is 5.13. The van der Waals surface area contributed by atoms with E-state index in [-0.39, 0.29) is 5.69 Å². The summed E-state index contributed by atoms with van der Waals surface area (Å²) in [6.45, 7) is 0. The summed E-state index contributed by atoms with van der Waals surface area (Å²) in [6.07, 6.45) is -1.68. The summed E-state index contributed by atoms with van der Waals surface area (Å²) < 4.78 is 10.00. The summed E-state index contributed by atoms with van der Waals surface area (Å²) in [4.78, 5) is 10.6. The zero-order valence-corrected chi connectivity index (χ0v) is 9.53. The van der Waals surface area contributed by atoms with Crippen molar-refractivity contribution >= 4 is 5.97 Å². The first-order chi connectivity index (χ1) is 8.61. The minimum Gasteiger partial charge on any atom is -0.497 e. The van der Waals surface area contributed by atoms with Gasteiger partial charge in [0, 0.05) is 11.6 Å². The van der Waals surface area contributed by atoms with Gasteiger partial charge in [-0.15, -0.1) is 0 Å². The number of hydrogen-bond acceptors (Lipinski definition) is 5. The molecule has 0 aliphatic carbocycles. The van der Waals surface area contributed by atoms with Crippen LogP contribution in [0.1, 0.15) is 11.8 Å². The third-order valence-electron chi connectivity index (χ3n) is 2.42. The summed E-state index contributed by atoms with van der Waals surface area (Å²) in [7, 11) is 1.56. The zero-order valence-electron chi connectivity index (χ0n) is 9.53. The maximum absolute atomic E-state index is 10.6. The first-order valence-corrected chi connectivity index (χ1v) is 5.13. The summed E-state index contributed by atoms with van der Waals surface area (Å²) >= 11 is 0. The predicted octanol–water partition coefficient (Wildman–Crippen LogP) is 1.47. The van der Waals surface area contributed by atoms with Crippen LogP contribution < -0.4 is 4.74 Å². The lowest BCUT2D eigenvalue weighted by Gasteiger charge is -1.99. The van der Waals surface area contributed by atoms with Crippen LogP contribution in [0.3, 0.4) is 0 Å². The Labute approximate surface area is 102 Å². The fourth-order valence-corrected chi connectivity index (χ4v) is 1.44. The second-order valence-corrected chi connectivity index (χ2v) is 3.59. The number of carboxylic acid groups (broad SMARTS) is 1. The van der Waals surface area contributed by atoms with Crippen LogP contribution in [-0.4, -0.2) is 28.4 Å². The van der Waals surface area contributed by atoms with Gasteiger partial charge in [-0.05, 0) is 24.3 Å². The van der Waals surface area contributed by atoms with Crippen molar-refractivity contribution in [2.24, 2.45) is 0 Å². The molecule has 0 radical (unpaired) electrons. The van der Waals surface area contributed by atoms with Gasteiger partial charge < -0.3 is 19.5 Å². The van der Waals surface area contributed by atoms with Crippen molar-refractivity contribution in [3.8, 4) is 17.1 Å². The Morgan fingerprint density at radius 1 is 1.39 bits per heavy atom. The number of carbonyl (C=O) groups is 1. The number of aromatic nitrogens is 1. The van der Waals surface area contributed by atoms with Crippen molar-refractivity contribution in [2.45, 2.75) is 6.10 Å². The van der Waals surface area contributed by atoms with Crippen LogP contribution in [0.2, 0.25) is 0 Å². The number of benzene rings is 1. The number of aliphatic carboxylic acids is 1. The van der Waals surface area contributed by atoms with Crippen molar-refractivity contribution in [2.75, 3.05) is 7.11 Å². The number of hydrogen-bond donors (Lipinski definition) is 2. The Morgan fingerprint density at radius 3 is 2.61 bits per heavy atom. The normalized spacial score (nSPS) is 12.1. The summed E-state index contributed by atoms with van der Waals surface area (Å²) in [5.41, 5.74) is 0.681. The van der Waals surface area contributed by atoms with E-state index in [1.54, 1.807) is 31.4 Å². The Kier molecular flexibility index (Phi) is 3.29. The molecule has 0 saturated carbocycles. The smallest absolute Gasteiger partial charge is 0.339 e. The quantitative estimate of drug-likeness (QED) is 0.852. The number of aliphatic hydroxyl groups excluding tert-OH is 1. The summed E-state index contributed by atoms with van der Waals surface area (Å²) in [5.74, 6) is -0.290. The maximum Gasteiger partial charge on any atom is 0.339 e. The molecule has 6 nitrogen and oxygen atoms in total. The Bertz CT molecular complexity index is 546. The van der Waals surface area contributed by atoms with Crippen molar-refractivity contribution in [1.82, 2.24) is 5.16 Å². The predicted molar refractivity (Wildman–Crippen MR) is 61.1 cm³/mol. The SMILES string of the molecule is COc1ccc(-c2cc([C@H](O)C(=O)O)no2)cc1. The molecule has 0 aliphatic heterocycles. The molecule has 0 unspecified atom stereocenters. The molecule has 6 heteroatoms. The minimum absolute atomic E-state index is 0.0340. The lowest BCUT2D eigenvalue weighted by molar-refractivity contribution is -0.147. The summed E-state index contributed by atoms with van der Waals surface area (Å²) in [5, 5.41) is 21.5. The molecule has 0 amide bonds. The fourth-order valence-electron chi connectivity index (χ4n) is 1.44. The van der Waals surface area contributed by atoms with Gasteiger partial charge in [0.05, 0.1) is 7.11 Å². The second-order valence-electron chi connectivity index (χ2n) is 3.59. The first kappa shape index (κ1) is 12.1. The molecule has 94 valence electrons. The van der Waals surface area contributed by atoms with E-state index in [0.29, 0.717) is 17.1 Å². The number of methoxy groups -OCH3 is 1. The topological polar surface area (TPSA) is 92.8 Å². The van der Waals surface area contributed by atoms with Gasteiger partial charge in [0.1, 0.15) is 11.4 Å². The molecule has 2 rings (SSSR count). The van der Waals surface area contributed by atoms with Gasteiger partial charge in [0.25, 0.3) is 0 Å². The Hall–Kier alpha value is -2.34. The molecule has 0 fully saturated rings. The average molecular weight is 249 g/mol. The van der Waals surface area contributed by atoms with Gasteiger partial charge in [-0.1, -0.05) is 5.16 Å². The lowest BCUT2D eigenvalue weighted by atomic mass is 10.1. The molecule has 2 aromatic rings. The van der Waals surface area contributed by atoms with Gasteiger partial charge in [0.2, 0.25) is 0 Å². The molecule has 0 spiro atoms. The largest absolute Gasteiger partial charge is 0.497 e. The van der Waals surface area contributed by atoms with Gasteiger partial charge in [-0.3, -0.25) is 0 Å². The maximum atomic E-state index is 10.6. The zero-order chi connectivity index (χ0) is 13.1. The molecule has 1 aromatic heterocycles. The van der Waals surface area contributed by atoms with E-state index < -0.39 is 12.1 Å². The van der Waals surface area contributed by atoms with Crippen LogP contribution in [0.15, 0.2) is 34.9 Å². The van der Waals surface area contributed by atoms with Gasteiger partial charge in [-0.25, -0.2) is 4.79 Å². The van der Waals surface area contributed by atoms with E-state index in [1.165, 1.54) is 6.07 Å². The molecule has 0 bridgehead atoms. The summed E-state index contributed by atoms with van der Waals surface area (Å²) in [6, 6.07) is 8.36. The van der Waals surface area contributed by atoms with Gasteiger partial charge in [-0.2, -0.15) is 0 Å². The van der Waals surface area contributed by atoms with Crippen molar-refractivity contribution in [3.63, 3.8) is 0 Å². The molecule has 1 atom stereocenters. The highest BCUT2D eigenvalue weighted by Gasteiger charge is 2.20. The second kappa shape index (κ2) is 4.89. The monoisotopic (exact) mass is 249 g/mol. The van der Waals surface area contributed by atoms with E-state index in [0.717, 1.165) is 0 Å². The third kappa shape index (κ3) is 2.33. The highest BCUT2D eigenvalue weighted by atomic mass is 16.5. The van der Waals surface area contributed by atoms with E-state index in [2.05, 4.69) is 5.16 Å². The highest BCUT2D eigenvalue weighted by Crippen LogP contribution is 2.25. The molecule has 0 aliphatic rings. The van der Waals surface area contributed by atoms with Gasteiger partial charge in [0.15, 0.2) is 11.9 Å². The van der Waals surface area contributed by atoms with Crippen LogP contribution in [0.5, 0.6) is 5.75 Å². The van der Waals surface area contributed by atoms with Gasteiger partial charge >= 0.3 is 5.97 Å². The van der Waals surface area contributed by atoms with E-state index in [1.807, 2.05) is 0 Å². The molecular weight excluding hydrogens is 238 g/mol. The van der Waals surface area contributed by atoms with Crippen LogP contribution in [0.25, 0.3) is 11.3 Å². The van der Waals surface area contributed by atoms with Crippen molar-refractivity contribution < 1.29 is 24.3 Å². The average Bonchev–Trinajstić information content (AvgIpc) is 2.87. The molecule has 1 aromatic carbocycles. The van der Waals surface area contributed by atoms with Crippen LogP contribution in [0.4, 0.5) is 0 Å². The lowest BCUT2D eigenvalue weighted by Crippen LogP contribution is -2.10. The van der Waals surface area contributed by atoms with E-state index >= 15 is 0 Å². The van der Waals surface area contributed by atoms with E-state index in [4.69, 9.17) is 14.4 Å². The van der Waals surface area contributed by atoms with Crippen LogP contribution in [-0.2, 0) is 4.79 Å². The van der Waals surface area contributed by atoms with Crippen molar-refractivity contribution in [3.05, 3.63) is 36.0 Å². The number of rotatable bonds is 4. The number of nitrogens with zero attached hydrogens (tertiary/aromatic N) is 1. The van der Waals surface area contributed by atoms with Crippen molar-refractivity contribution in [1.29, 1.82) is 0 Å². The number of aliphatic hydroxyl groups is 1. The minimum atomic E-state index is -1.68. The number of carboxylic acids is 1.